The van der Waals surface area contributed by atoms with E-state index in [-0.39, 0.29) is 11.7 Å². The van der Waals surface area contributed by atoms with E-state index in [1.54, 1.807) is 23.2 Å². The number of anilines is 1. The van der Waals surface area contributed by atoms with Crippen molar-refractivity contribution in [2.45, 2.75) is 26.4 Å². The topological polar surface area (TPSA) is 71.6 Å². The third-order valence-electron chi connectivity index (χ3n) is 5.00. The minimum atomic E-state index is -0.193. The lowest BCUT2D eigenvalue weighted by atomic mass is 10.2. The van der Waals surface area contributed by atoms with Crippen molar-refractivity contribution in [1.29, 1.82) is 0 Å². The molecule has 2 aromatic heterocycles. The van der Waals surface area contributed by atoms with Crippen molar-refractivity contribution >= 4 is 17.4 Å². The first-order valence-electron chi connectivity index (χ1n) is 10.4. The van der Waals surface area contributed by atoms with E-state index < -0.39 is 0 Å². The lowest BCUT2D eigenvalue weighted by molar-refractivity contribution is 0.209. The molecule has 0 bridgehead atoms. The molecule has 158 valence electrons. The van der Waals surface area contributed by atoms with E-state index in [2.05, 4.69) is 17.3 Å². The van der Waals surface area contributed by atoms with Gasteiger partial charge >= 0.3 is 11.7 Å². The number of amides is 2. The third-order valence-corrected chi connectivity index (χ3v) is 5.00. The van der Waals surface area contributed by atoms with Gasteiger partial charge in [0.05, 0.1) is 6.54 Å². The van der Waals surface area contributed by atoms with E-state index in [4.69, 9.17) is 0 Å². The molecule has 0 atom stereocenters. The Bertz CT molecular complexity index is 1230. The smallest absolute Gasteiger partial charge is 0.320 e. The van der Waals surface area contributed by atoms with E-state index in [0.717, 1.165) is 17.5 Å². The van der Waals surface area contributed by atoms with Crippen LogP contribution >= 0.6 is 0 Å². The number of rotatable bonds is 7. The molecular formula is C24H25N5O2. The molecule has 31 heavy (non-hydrogen) atoms. The molecule has 4 rings (SSSR count). The fourth-order valence-corrected chi connectivity index (χ4v) is 3.52. The SMILES string of the molecule is CCCN(Cc1ccccc1)C(=O)Nc1cccc(Cn2nc3ccccn3c2=O)c1. The fourth-order valence-electron chi connectivity index (χ4n) is 3.52. The average Bonchev–Trinajstić information content (AvgIpc) is 3.10. The van der Waals surface area contributed by atoms with E-state index in [1.165, 1.54) is 9.08 Å². The lowest BCUT2D eigenvalue weighted by Crippen LogP contribution is -2.35. The van der Waals surface area contributed by atoms with E-state index in [0.29, 0.717) is 31.0 Å². The van der Waals surface area contributed by atoms with Crippen LogP contribution in [-0.2, 0) is 13.1 Å². The molecule has 0 radical (unpaired) electrons. The van der Waals surface area contributed by atoms with Crippen LogP contribution < -0.4 is 11.0 Å². The van der Waals surface area contributed by atoms with E-state index >= 15 is 0 Å². The van der Waals surface area contributed by atoms with Gasteiger partial charge in [0.1, 0.15) is 0 Å². The molecule has 0 saturated heterocycles. The average molecular weight is 415 g/mol. The van der Waals surface area contributed by atoms with Gasteiger partial charge in [-0.25, -0.2) is 14.3 Å². The standard InChI is InChI=1S/C24H25N5O2/c1-2-14-27(17-19-9-4-3-5-10-19)23(30)25-21-12-8-11-20(16-21)18-29-24(31)28-15-7-6-13-22(28)26-29/h3-13,15-16H,2,14,17-18H2,1H3,(H,25,30). The second-order valence-corrected chi connectivity index (χ2v) is 7.41. The molecule has 0 unspecified atom stereocenters. The molecule has 0 aliphatic rings. The second kappa shape index (κ2) is 9.30. The second-order valence-electron chi connectivity index (χ2n) is 7.41. The Kier molecular flexibility index (Phi) is 6.12. The van der Waals surface area contributed by atoms with Gasteiger partial charge in [-0.3, -0.25) is 4.40 Å². The number of hydrogen-bond acceptors (Lipinski definition) is 3. The van der Waals surface area contributed by atoms with Crippen molar-refractivity contribution in [1.82, 2.24) is 19.1 Å². The van der Waals surface area contributed by atoms with Gasteiger partial charge in [-0.2, -0.15) is 0 Å². The van der Waals surface area contributed by atoms with Gasteiger partial charge in [-0.15, -0.1) is 5.10 Å². The van der Waals surface area contributed by atoms with Crippen LogP contribution in [0.5, 0.6) is 0 Å². The summed E-state index contributed by atoms with van der Waals surface area (Å²) in [5.74, 6) is 0. The number of nitrogens with zero attached hydrogens (tertiary/aromatic N) is 4. The largest absolute Gasteiger partial charge is 0.350 e. The summed E-state index contributed by atoms with van der Waals surface area (Å²) < 4.78 is 2.94. The number of pyridine rings is 1. The van der Waals surface area contributed by atoms with Crippen molar-refractivity contribution in [3.63, 3.8) is 0 Å². The Morgan fingerprint density at radius 2 is 1.77 bits per heavy atom. The zero-order chi connectivity index (χ0) is 21.6. The highest BCUT2D eigenvalue weighted by Crippen LogP contribution is 2.14. The summed E-state index contributed by atoms with van der Waals surface area (Å²) in [4.78, 5) is 27.2. The molecule has 2 amide bonds. The Labute approximate surface area is 180 Å². The first kappa shape index (κ1) is 20.4. The van der Waals surface area contributed by atoms with Gasteiger partial charge in [0.25, 0.3) is 0 Å². The van der Waals surface area contributed by atoms with Gasteiger partial charge in [0, 0.05) is 25.0 Å². The van der Waals surface area contributed by atoms with Crippen LogP contribution in [0.1, 0.15) is 24.5 Å². The highest BCUT2D eigenvalue weighted by atomic mass is 16.2. The third kappa shape index (κ3) is 4.83. The molecular weight excluding hydrogens is 390 g/mol. The molecule has 2 heterocycles. The Morgan fingerprint density at radius 3 is 2.55 bits per heavy atom. The van der Waals surface area contributed by atoms with Gasteiger partial charge in [-0.1, -0.05) is 55.5 Å². The summed E-state index contributed by atoms with van der Waals surface area (Å²) in [7, 11) is 0. The molecule has 0 aliphatic heterocycles. The molecule has 0 saturated carbocycles. The van der Waals surface area contributed by atoms with Crippen LogP contribution in [0.25, 0.3) is 5.65 Å². The first-order chi connectivity index (χ1) is 15.1. The zero-order valence-corrected chi connectivity index (χ0v) is 17.4. The number of aromatic nitrogens is 3. The fraction of sp³-hybridized carbons (Fsp3) is 0.208. The number of hydrogen-bond donors (Lipinski definition) is 1. The summed E-state index contributed by atoms with van der Waals surface area (Å²) in [6.07, 6.45) is 2.57. The number of nitrogens with one attached hydrogen (secondary N) is 1. The van der Waals surface area contributed by atoms with Crippen molar-refractivity contribution in [2.75, 3.05) is 11.9 Å². The Morgan fingerprint density at radius 1 is 1.00 bits per heavy atom. The maximum atomic E-state index is 12.9. The van der Waals surface area contributed by atoms with Crippen LogP contribution in [-0.4, -0.2) is 31.7 Å². The maximum Gasteiger partial charge on any atom is 0.350 e. The van der Waals surface area contributed by atoms with Crippen LogP contribution in [0.15, 0.2) is 83.8 Å². The molecule has 4 aromatic rings. The molecule has 0 spiro atoms. The van der Waals surface area contributed by atoms with Gasteiger partial charge < -0.3 is 10.2 Å². The quantitative estimate of drug-likeness (QED) is 0.496. The first-order valence-corrected chi connectivity index (χ1v) is 10.4. The zero-order valence-electron chi connectivity index (χ0n) is 17.4. The number of urea groups is 1. The van der Waals surface area contributed by atoms with Crippen molar-refractivity contribution in [3.8, 4) is 0 Å². The lowest BCUT2D eigenvalue weighted by Gasteiger charge is -2.23. The maximum absolute atomic E-state index is 12.9. The molecule has 7 nitrogen and oxygen atoms in total. The Balaban J connectivity index is 1.48. The van der Waals surface area contributed by atoms with Gasteiger partial charge in [-0.05, 0) is 41.8 Å². The van der Waals surface area contributed by atoms with Crippen LogP contribution in [0, 0.1) is 0 Å². The van der Waals surface area contributed by atoms with Crippen molar-refractivity contribution in [3.05, 3.63) is 101 Å². The molecule has 0 aliphatic carbocycles. The minimum absolute atomic E-state index is 0.146. The van der Waals surface area contributed by atoms with Gasteiger partial charge in [0.2, 0.25) is 0 Å². The van der Waals surface area contributed by atoms with E-state index in [1.807, 2.05) is 60.7 Å². The predicted molar refractivity (Wildman–Crippen MR) is 121 cm³/mol. The minimum Gasteiger partial charge on any atom is -0.320 e. The number of carbonyl (C=O) groups excluding carboxylic acids is 1. The summed E-state index contributed by atoms with van der Waals surface area (Å²) in [6.45, 7) is 3.60. The normalized spacial score (nSPS) is 10.9. The van der Waals surface area contributed by atoms with E-state index in [9.17, 15) is 9.59 Å². The number of fused-ring (bicyclic) bond motifs is 1. The van der Waals surface area contributed by atoms with Crippen LogP contribution in [0.2, 0.25) is 0 Å². The highest BCUT2D eigenvalue weighted by Gasteiger charge is 2.14. The van der Waals surface area contributed by atoms with Crippen LogP contribution in [0.4, 0.5) is 10.5 Å². The number of carbonyl (C=O) groups is 1. The molecule has 7 heteroatoms. The van der Waals surface area contributed by atoms with Crippen LogP contribution in [0.3, 0.4) is 0 Å². The molecule has 0 fully saturated rings. The summed E-state index contributed by atoms with van der Waals surface area (Å²) in [6, 6.07) is 22.8. The Hall–Kier alpha value is -3.87. The number of benzene rings is 2. The van der Waals surface area contributed by atoms with Gasteiger partial charge in [0.15, 0.2) is 5.65 Å². The van der Waals surface area contributed by atoms with Crippen molar-refractivity contribution < 1.29 is 4.79 Å². The highest BCUT2D eigenvalue weighted by molar-refractivity contribution is 5.89. The molecule has 1 N–H and O–H groups in total. The summed E-state index contributed by atoms with van der Waals surface area (Å²) >= 11 is 0. The monoisotopic (exact) mass is 415 g/mol. The van der Waals surface area contributed by atoms with Crippen molar-refractivity contribution in [2.24, 2.45) is 0 Å². The predicted octanol–water partition coefficient (Wildman–Crippen LogP) is 3.99. The molecule has 2 aromatic carbocycles. The summed E-state index contributed by atoms with van der Waals surface area (Å²) in [5, 5.41) is 7.36. The summed E-state index contributed by atoms with van der Waals surface area (Å²) in [5.41, 5.74) is 3.07.